The number of aromatic nitrogens is 1. The smallest absolute Gasteiger partial charge is 0.136 e. The number of benzene rings is 1. The molecule has 110 valence electrons. The van der Waals surface area contributed by atoms with E-state index in [2.05, 4.69) is 39.0 Å². The summed E-state index contributed by atoms with van der Waals surface area (Å²) in [4.78, 5) is 7.97. The van der Waals surface area contributed by atoms with Gasteiger partial charge in [0, 0.05) is 28.5 Å². The molecule has 3 heterocycles. The lowest BCUT2D eigenvalue weighted by atomic mass is 10.0. The number of halogens is 1. The van der Waals surface area contributed by atoms with Crippen molar-refractivity contribution in [3.63, 3.8) is 0 Å². The fourth-order valence-electron chi connectivity index (χ4n) is 3.93. The predicted octanol–water partition coefficient (Wildman–Crippen LogP) is 4.14. The van der Waals surface area contributed by atoms with Crippen LogP contribution in [0.2, 0.25) is 0 Å². The second kappa shape index (κ2) is 5.16. The largest absolute Gasteiger partial charge is 0.497 e. The highest BCUT2D eigenvalue weighted by molar-refractivity contribution is 9.09. The number of piperidine rings is 1. The summed E-state index contributed by atoms with van der Waals surface area (Å²) in [7, 11) is 1.71. The van der Waals surface area contributed by atoms with Gasteiger partial charge in [0.25, 0.3) is 0 Å². The first-order valence-electron chi connectivity index (χ1n) is 7.61. The molecule has 0 saturated carbocycles. The van der Waals surface area contributed by atoms with Crippen molar-refractivity contribution >= 4 is 32.5 Å². The van der Waals surface area contributed by atoms with Crippen LogP contribution in [0.4, 0.5) is 5.82 Å². The molecule has 0 amide bonds. The molecule has 2 saturated heterocycles. The van der Waals surface area contributed by atoms with E-state index in [1.54, 1.807) is 7.11 Å². The van der Waals surface area contributed by atoms with Crippen LogP contribution in [0.5, 0.6) is 5.75 Å². The highest BCUT2D eigenvalue weighted by atomic mass is 79.9. The molecule has 4 rings (SSSR count). The van der Waals surface area contributed by atoms with Gasteiger partial charge in [-0.2, -0.15) is 0 Å². The molecule has 4 heteroatoms. The van der Waals surface area contributed by atoms with Gasteiger partial charge in [0.15, 0.2) is 0 Å². The van der Waals surface area contributed by atoms with Crippen molar-refractivity contribution in [2.24, 2.45) is 0 Å². The van der Waals surface area contributed by atoms with Crippen LogP contribution in [0.15, 0.2) is 30.5 Å². The van der Waals surface area contributed by atoms with E-state index in [1.807, 2.05) is 12.3 Å². The number of rotatable bonds is 2. The number of nitrogens with zero attached hydrogens (tertiary/aromatic N) is 2. The lowest BCUT2D eigenvalue weighted by molar-refractivity contribution is 0.415. The minimum Gasteiger partial charge on any atom is -0.497 e. The molecule has 1 aromatic carbocycles. The lowest BCUT2D eigenvalue weighted by Crippen LogP contribution is -2.43. The maximum atomic E-state index is 5.34. The Morgan fingerprint density at radius 1 is 1.19 bits per heavy atom. The topological polar surface area (TPSA) is 25.4 Å². The number of alkyl halides is 1. The fourth-order valence-corrected chi connectivity index (χ4v) is 4.79. The van der Waals surface area contributed by atoms with Gasteiger partial charge in [0.1, 0.15) is 11.6 Å². The SMILES string of the molecule is COc1ccc2c(N3C4CCC3CC(Br)C4)nccc2c1. The summed E-state index contributed by atoms with van der Waals surface area (Å²) in [5.74, 6) is 2.06. The molecular formula is C17H19BrN2O. The standard InChI is InChI=1S/C17H19BrN2O/c1-21-15-4-5-16-11(8-15)6-7-19-17(16)20-13-2-3-14(20)10-12(18)9-13/h4-8,12-14H,2-3,9-10H2,1H3. The summed E-state index contributed by atoms with van der Waals surface area (Å²) in [5.41, 5.74) is 0. The molecule has 0 aliphatic carbocycles. The van der Waals surface area contributed by atoms with Crippen molar-refractivity contribution in [1.29, 1.82) is 0 Å². The average Bonchev–Trinajstić information content (AvgIpc) is 2.77. The van der Waals surface area contributed by atoms with Crippen LogP contribution in [0.1, 0.15) is 25.7 Å². The molecule has 2 unspecified atom stereocenters. The molecular weight excluding hydrogens is 328 g/mol. The van der Waals surface area contributed by atoms with Crippen molar-refractivity contribution in [2.75, 3.05) is 12.0 Å². The first-order valence-corrected chi connectivity index (χ1v) is 8.53. The van der Waals surface area contributed by atoms with E-state index in [9.17, 15) is 0 Å². The summed E-state index contributed by atoms with van der Waals surface area (Å²) in [6, 6.07) is 9.62. The maximum Gasteiger partial charge on any atom is 0.136 e. The Morgan fingerprint density at radius 2 is 1.95 bits per heavy atom. The minimum atomic E-state index is 0.633. The van der Waals surface area contributed by atoms with Gasteiger partial charge in [0.05, 0.1) is 7.11 Å². The van der Waals surface area contributed by atoms with Crippen molar-refractivity contribution in [3.8, 4) is 5.75 Å². The summed E-state index contributed by atoms with van der Waals surface area (Å²) in [6.07, 6.45) is 6.97. The molecule has 3 nitrogen and oxygen atoms in total. The molecule has 1 aromatic heterocycles. The van der Waals surface area contributed by atoms with Gasteiger partial charge in [0.2, 0.25) is 0 Å². The summed E-state index contributed by atoms with van der Waals surface area (Å²) in [5, 5.41) is 2.45. The van der Waals surface area contributed by atoms with Crippen LogP contribution in [-0.4, -0.2) is 29.0 Å². The summed E-state index contributed by atoms with van der Waals surface area (Å²) in [6.45, 7) is 0. The molecule has 0 N–H and O–H groups in total. The van der Waals surface area contributed by atoms with E-state index in [-0.39, 0.29) is 0 Å². The molecule has 2 fully saturated rings. The van der Waals surface area contributed by atoms with Crippen LogP contribution < -0.4 is 9.64 Å². The maximum absolute atomic E-state index is 5.34. The Kier molecular flexibility index (Phi) is 3.29. The van der Waals surface area contributed by atoms with E-state index < -0.39 is 0 Å². The van der Waals surface area contributed by atoms with Crippen LogP contribution in [0.25, 0.3) is 10.8 Å². The molecule has 0 radical (unpaired) electrons. The third-order valence-electron chi connectivity index (χ3n) is 4.87. The highest BCUT2D eigenvalue weighted by Crippen LogP contribution is 2.42. The monoisotopic (exact) mass is 346 g/mol. The molecule has 2 aliphatic rings. The second-order valence-electron chi connectivity index (χ2n) is 6.08. The van der Waals surface area contributed by atoms with Crippen molar-refractivity contribution in [3.05, 3.63) is 30.5 Å². The van der Waals surface area contributed by atoms with Crippen molar-refractivity contribution < 1.29 is 4.74 Å². The van der Waals surface area contributed by atoms with Crippen molar-refractivity contribution in [1.82, 2.24) is 4.98 Å². The molecule has 2 bridgehead atoms. The minimum absolute atomic E-state index is 0.633. The van der Waals surface area contributed by atoms with Gasteiger partial charge in [-0.05, 0) is 55.3 Å². The fraction of sp³-hybridized carbons (Fsp3) is 0.471. The quantitative estimate of drug-likeness (QED) is 0.764. The van der Waals surface area contributed by atoms with Crippen molar-refractivity contribution in [2.45, 2.75) is 42.6 Å². The molecule has 2 atom stereocenters. The predicted molar refractivity (Wildman–Crippen MR) is 89.5 cm³/mol. The lowest BCUT2D eigenvalue weighted by Gasteiger charge is -2.38. The first kappa shape index (κ1) is 13.4. The van der Waals surface area contributed by atoms with E-state index >= 15 is 0 Å². The molecule has 0 spiro atoms. The number of methoxy groups -OCH3 is 1. The van der Waals surface area contributed by atoms with E-state index in [1.165, 1.54) is 36.5 Å². The Balaban J connectivity index is 1.80. The number of fused-ring (bicyclic) bond motifs is 3. The Morgan fingerprint density at radius 3 is 2.67 bits per heavy atom. The third-order valence-corrected chi connectivity index (χ3v) is 5.62. The number of hydrogen-bond donors (Lipinski definition) is 0. The van der Waals surface area contributed by atoms with Gasteiger partial charge in [-0.3, -0.25) is 0 Å². The van der Waals surface area contributed by atoms with Gasteiger partial charge in [-0.25, -0.2) is 4.98 Å². The van der Waals surface area contributed by atoms with Gasteiger partial charge in [-0.15, -0.1) is 0 Å². The van der Waals surface area contributed by atoms with Crippen LogP contribution in [0, 0.1) is 0 Å². The Hall–Kier alpha value is -1.29. The molecule has 2 aliphatic heterocycles. The number of hydrogen-bond acceptors (Lipinski definition) is 3. The zero-order valence-corrected chi connectivity index (χ0v) is 13.7. The normalized spacial score (nSPS) is 28.1. The Bertz CT molecular complexity index is 661. The van der Waals surface area contributed by atoms with Crippen LogP contribution in [0.3, 0.4) is 0 Å². The summed E-state index contributed by atoms with van der Waals surface area (Å²) >= 11 is 3.81. The zero-order chi connectivity index (χ0) is 14.4. The van der Waals surface area contributed by atoms with Gasteiger partial charge < -0.3 is 9.64 Å². The average molecular weight is 347 g/mol. The van der Waals surface area contributed by atoms with Crippen LogP contribution in [-0.2, 0) is 0 Å². The third kappa shape index (κ3) is 2.20. The number of ether oxygens (including phenoxy) is 1. The zero-order valence-electron chi connectivity index (χ0n) is 12.1. The van der Waals surface area contributed by atoms with E-state index in [4.69, 9.17) is 9.72 Å². The van der Waals surface area contributed by atoms with Gasteiger partial charge >= 0.3 is 0 Å². The molecule has 21 heavy (non-hydrogen) atoms. The Labute approximate surface area is 133 Å². The van der Waals surface area contributed by atoms with Gasteiger partial charge in [-0.1, -0.05) is 15.9 Å². The molecule has 2 aromatic rings. The van der Waals surface area contributed by atoms with E-state index in [0.29, 0.717) is 16.9 Å². The number of anilines is 1. The van der Waals surface area contributed by atoms with E-state index in [0.717, 1.165) is 11.6 Å². The highest BCUT2D eigenvalue weighted by Gasteiger charge is 2.41. The first-order chi connectivity index (χ1) is 10.3. The van der Waals surface area contributed by atoms with Crippen LogP contribution >= 0.6 is 15.9 Å². The number of pyridine rings is 1. The summed E-state index contributed by atoms with van der Waals surface area (Å²) < 4.78 is 5.34. The second-order valence-corrected chi connectivity index (χ2v) is 7.38.